The van der Waals surface area contributed by atoms with Crippen LogP contribution in [-0.2, 0) is 11.8 Å². The molecule has 0 spiro atoms. The first-order valence-corrected chi connectivity index (χ1v) is 8.76. The van der Waals surface area contributed by atoms with Gasteiger partial charge in [0.15, 0.2) is 6.10 Å². The summed E-state index contributed by atoms with van der Waals surface area (Å²) in [6, 6.07) is 5.32. The average molecular weight is 363 g/mol. The van der Waals surface area contributed by atoms with Crippen molar-refractivity contribution in [2.75, 3.05) is 19.6 Å². The molecule has 0 bridgehead atoms. The fraction of sp³-hybridized carbons (Fsp3) is 0.444. The van der Waals surface area contributed by atoms with Crippen molar-refractivity contribution in [3.63, 3.8) is 0 Å². The van der Waals surface area contributed by atoms with Crippen LogP contribution in [0.1, 0.15) is 24.4 Å². The molecule has 0 aliphatic carbocycles. The standard InChI is InChI=1S/C18H23ClN4O2/c1-12-10-14(4-5-15(12)19)25-13(2)18(24)23-9-6-20-11-16(23)17-21-7-8-22(17)3/h4-5,7-8,10,13,16,20H,6,9,11H2,1-3H3. The van der Waals surface area contributed by atoms with E-state index >= 15 is 0 Å². The number of carbonyl (C=O) groups is 1. The maximum atomic E-state index is 13.0. The Balaban J connectivity index is 1.75. The van der Waals surface area contributed by atoms with Gasteiger partial charge in [0.25, 0.3) is 5.91 Å². The van der Waals surface area contributed by atoms with E-state index in [-0.39, 0.29) is 11.9 Å². The third kappa shape index (κ3) is 3.80. The summed E-state index contributed by atoms with van der Waals surface area (Å²) in [6.45, 7) is 5.77. The summed E-state index contributed by atoms with van der Waals surface area (Å²) in [6.07, 6.45) is 3.06. The smallest absolute Gasteiger partial charge is 0.264 e. The molecule has 0 saturated carbocycles. The van der Waals surface area contributed by atoms with Crippen molar-refractivity contribution in [1.29, 1.82) is 0 Å². The van der Waals surface area contributed by atoms with Gasteiger partial charge in [-0.25, -0.2) is 4.98 Å². The molecule has 3 rings (SSSR count). The Morgan fingerprint density at radius 1 is 1.48 bits per heavy atom. The average Bonchev–Trinajstić information content (AvgIpc) is 3.03. The lowest BCUT2D eigenvalue weighted by atomic mass is 10.1. The lowest BCUT2D eigenvalue weighted by Gasteiger charge is -2.37. The number of nitrogens with one attached hydrogen (secondary N) is 1. The first-order valence-electron chi connectivity index (χ1n) is 8.38. The maximum absolute atomic E-state index is 13.0. The van der Waals surface area contributed by atoms with Crippen LogP contribution in [-0.4, -0.2) is 46.1 Å². The van der Waals surface area contributed by atoms with Crippen LogP contribution in [0.25, 0.3) is 0 Å². The lowest BCUT2D eigenvalue weighted by molar-refractivity contribution is -0.141. The number of imidazole rings is 1. The number of halogens is 1. The van der Waals surface area contributed by atoms with Crippen LogP contribution < -0.4 is 10.1 Å². The van der Waals surface area contributed by atoms with Crippen LogP contribution in [0, 0.1) is 6.92 Å². The summed E-state index contributed by atoms with van der Waals surface area (Å²) in [5, 5.41) is 4.02. The number of hydrogen-bond donors (Lipinski definition) is 1. The van der Waals surface area contributed by atoms with Crippen LogP contribution in [0.2, 0.25) is 5.02 Å². The van der Waals surface area contributed by atoms with Gasteiger partial charge in [-0.2, -0.15) is 0 Å². The number of hydrogen-bond acceptors (Lipinski definition) is 4. The maximum Gasteiger partial charge on any atom is 0.264 e. The van der Waals surface area contributed by atoms with E-state index in [1.807, 2.05) is 35.7 Å². The number of rotatable bonds is 4. The summed E-state index contributed by atoms with van der Waals surface area (Å²) in [7, 11) is 1.94. The fourth-order valence-corrected chi connectivity index (χ4v) is 3.19. The fourth-order valence-electron chi connectivity index (χ4n) is 3.08. The highest BCUT2D eigenvalue weighted by molar-refractivity contribution is 6.31. The quantitative estimate of drug-likeness (QED) is 0.906. The Bertz CT molecular complexity index is 761. The van der Waals surface area contributed by atoms with E-state index in [0.29, 0.717) is 23.9 Å². The minimum Gasteiger partial charge on any atom is -0.481 e. The van der Waals surface area contributed by atoms with E-state index < -0.39 is 6.10 Å². The number of aryl methyl sites for hydroxylation is 2. The largest absolute Gasteiger partial charge is 0.481 e. The van der Waals surface area contributed by atoms with E-state index in [9.17, 15) is 4.79 Å². The molecule has 1 aliphatic heterocycles. The SMILES string of the molecule is Cc1cc(OC(C)C(=O)N2CCNCC2c2nccn2C)ccc1Cl. The summed E-state index contributed by atoms with van der Waals surface area (Å²) < 4.78 is 7.81. The van der Waals surface area contributed by atoms with Gasteiger partial charge in [-0.3, -0.25) is 4.79 Å². The zero-order valence-electron chi connectivity index (χ0n) is 14.7. The predicted molar refractivity (Wildman–Crippen MR) is 96.8 cm³/mol. The van der Waals surface area contributed by atoms with Gasteiger partial charge < -0.3 is 19.5 Å². The third-order valence-corrected chi connectivity index (χ3v) is 4.90. The molecule has 1 amide bonds. The number of benzene rings is 1. The summed E-state index contributed by atoms with van der Waals surface area (Å²) in [4.78, 5) is 19.2. The third-order valence-electron chi connectivity index (χ3n) is 4.47. The van der Waals surface area contributed by atoms with Crippen LogP contribution in [0.3, 0.4) is 0 Å². The van der Waals surface area contributed by atoms with Crippen molar-refractivity contribution in [2.24, 2.45) is 7.05 Å². The van der Waals surface area contributed by atoms with Gasteiger partial charge >= 0.3 is 0 Å². The Kier molecular flexibility index (Phi) is 5.30. The molecule has 2 aromatic rings. The molecule has 1 saturated heterocycles. The molecule has 134 valence electrons. The first-order chi connectivity index (χ1) is 12.0. The number of piperazine rings is 1. The molecule has 1 aromatic heterocycles. The predicted octanol–water partition coefficient (Wildman–Crippen LogP) is 2.32. The second-order valence-electron chi connectivity index (χ2n) is 6.32. The number of amides is 1. The van der Waals surface area contributed by atoms with E-state index in [4.69, 9.17) is 16.3 Å². The van der Waals surface area contributed by atoms with Crippen LogP contribution in [0.4, 0.5) is 0 Å². The minimum atomic E-state index is -0.582. The highest BCUT2D eigenvalue weighted by atomic mass is 35.5. The summed E-state index contributed by atoms with van der Waals surface area (Å²) in [5.41, 5.74) is 0.923. The molecular weight excluding hydrogens is 340 g/mol. The Morgan fingerprint density at radius 3 is 2.96 bits per heavy atom. The van der Waals surface area contributed by atoms with Gasteiger partial charge in [0.05, 0.1) is 0 Å². The Labute approximate surface area is 152 Å². The zero-order valence-corrected chi connectivity index (χ0v) is 15.5. The van der Waals surface area contributed by atoms with Crippen molar-refractivity contribution in [3.8, 4) is 5.75 Å². The van der Waals surface area contributed by atoms with Crippen molar-refractivity contribution in [3.05, 3.63) is 47.0 Å². The van der Waals surface area contributed by atoms with E-state index in [2.05, 4.69) is 10.3 Å². The van der Waals surface area contributed by atoms with Crippen LogP contribution >= 0.6 is 11.6 Å². The second-order valence-corrected chi connectivity index (χ2v) is 6.73. The van der Waals surface area contributed by atoms with Gasteiger partial charge in [0.2, 0.25) is 0 Å². The molecule has 7 heteroatoms. The Morgan fingerprint density at radius 2 is 2.28 bits per heavy atom. The van der Waals surface area contributed by atoms with Crippen molar-refractivity contribution < 1.29 is 9.53 Å². The van der Waals surface area contributed by atoms with Crippen molar-refractivity contribution in [1.82, 2.24) is 19.8 Å². The molecule has 2 unspecified atom stereocenters. The Hall–Kier alpha value is -2.05. The van der Waals surface area contributed by atoms with Crippen molar-refractivity contribution >= 4 is 17.5 Å². The van der Waals surface area contributed by atoms with E-state index in [0.717, 1.165) is 17.9 Å². The summed E-state index contributed by atoms with van der Waals surface area (Å²) in [5.74, 6) is 1.48. The molecule has 0 radical (unpaired) electrons. The molecule has 2 heterocycles. The van der Waals surface area contributed by atoms with Crippen LogP contribution in [0.5, 0.6) is 5.75 Å². The molecule has 2 atom stereocenters. The van der Waals surface area contributed by atoms with Crippen molar-refractivity contribution in [2.45, 2.75) is 26.0 Å². The molecule has 1 aliphatic rings. The van der Waals surface area contributed by atoms with E-state index in [1.165, 1.54) is 0 Å². The molecule has 1 N–H and O–H groups in total. The number of aromatic nitrogens is 2. The molecule has 1 fully saturated rings. The minimum absolute atomic E-state index is 0.0397. The molecular formula is C18H23ClN4O2. The number of carbonyl (C=O) groups excluding carboxylic acids is 1. The summed E-state index contributed by atoms with van der Waals surface area (Å²) >= 11 is 6.05. The zero-order chi connectivity index (χ0) is 18.0. The van der Waals surface area contributed by atoms with E-state index in [1.54, 1.807) is 25.3 Å². The van der Waals surface area contributed by atoms with Crippen LogP contribution in [0.15, 0.2) is 30.6 Å². The first kappa shape index (κ1) is 17.8. The number of nitrogens with zero attached hydrogens (tertiary/aromatic N) is 3. The molecule has 25 heavy (non-hydrogen) atoms. The highest BCUT2D eigenvalue weighted by Gasteiger charge is 2.33. The second kappa shape index (κ2) is 7.45. The van der Waals surface area contributed by atoms with Gasteiger partial charge in [-0.05, 0) is 37.6 Å². The van der Waals surface area contributed by atoms with Gasteiger partial charge in [0, 0.05) is 44.1 Å². The lowest BCUT2D eigenvalue weighted by Crippen LogP contribution is -2.52. The van der Waals surface area contributed by atoms with Gasteiger partial charge in [-0.15, -0.1) is 0 Å². The highest BCUT2D eigenvalue weighted by Crippen LogP contribution is 2.24. The van der Waals surface area contributed by atoms with Gasteiger partial charge in [0.1, 0.15) is 17.6 Å². The normalized spacial score (nSPS) is 18.9. The number of ether oxygens (including phenoxy) is 1. The molecule has 6 nitrogen and oxygen atoms in total. The molecule has 1 aromatic carbocycles. The monoisotopic (exact) mass is 362 g/mol. The van der Waals surface area contributed by atoms with Gasteiger partial charge in [-0.1, -0.05) is 11.6 Å². The topological polar surface area (TPSA) is 59.4 Å².